The summed E-state index contributed by atoms with van der Waals surface area (Å²) in [5.74, 6) is -0.135. The molecule has 2 aromatic rings. The molecule has 0 bridgehead atoms. The largest absolute Gasteiger partial charge is 0.322 e. The third kappa shape index (κ3) is 3.84. The summed E-state index contributed by atoms with van der Waals surface area (Å²) in [6.45, 7) is 0. The second-order valence-corrected chi connectivity index (χ2v) is 4.11. The number of pyridine rings is 1. The van der Waals surface area contributed by atoms with Crippen molar-refractivity contribution in [2.45, 2.75) is 0 Å². The van der Waals surface area contributed by atoms with E-state index in [0.717, 1.165) is 10.2 Å². The van der Waals surface area contributed by atoms with Crippen molar-refractivity contribution in [2.75, 3.05) is 5.32 Å². The van der Waals surface area contributed by atoms with Crippen LogP contribution in [0, 0.1) is 0 Å². The normalized spacial score (nSPS) is 9.24. The van der Waals surface area contributed by atoms with Gasteiger partial charge in [0.25, 0.3) is 5.91 Å². The first-order valence-corrected chi connectivity index (χ1v) is 5.52. The van der Waals surface area contributed by atoms with Crippen LogP contribution in [-0.2, 0) is 0 Å². The van der Waals surface area contributed by atoms with Crippen molar-refractivity contribution in [1.82, 2.24) is 4.98 Å². The molecule has 3 nitrogen and oxygen atoms in total. The molecule has 0 spiro atoms. The van der Waals surface area contributed by atoms with E-state index in [4.69, 9.17) is 0 Å². The Bertz CT molecular complexity index is 488. The summed E-state index contributed by atoms with van der Waals surface area (Å²) in [5, 5.41) is 2.80. The topological polar surface area (TPSA) is 42.0 Å². The van der Waals surface area contributed by atoms with Crippen molar-refractivity contribution in [2.24, 2.45) is 0 Å². The number of carbonyl (C=O) groups is 1. The number of halogens is 2. The molecule has 88 valence electrons. The average Bonchev–Trinajstić information content (AvgIpc) is 2.33. The molecular weight excluding hydrogens is 304 g/mol. The summed E-state index contributed by atoms with van der Waals surface area (Å²) >= 11 is 3.34. The van der Waals surface area contributed by atoms with Crippen LogP contribution < -0.4 is 5.32 Å². The van der Waals surface area contributed by atoms with E-state index in [1.54, 1.807) is 24.5 Å². The van der Waals surface area contributed by atoms with Gasteiger partial charge in [0.05, 0.1) is 0 Å². The molecule has 0 aliphatic carbocycles. The highest BCUT2D eigenvalue weighted by Gasteiger charge is 2.04. The second-order valence-electron chi connectivity index (χ2n) is 3.20. The molecule has 0 fully saturated rings. The molecule has 1 aromatic heterocycles. The van der Waals surface area contributed by atoms with Crippen LogP contribution in [0.1, 0.15) is 10.4 Å². The summed E-state index contributed by atoms with van der Waals surface area (Å²) < 4.78 is 0.981. The van der Waals surface area contributed by atoms with Gasteiger partial charge in [0.1, 0.15) is 0 Å². The molecule has 0 saturated carbocycles. The van der Waals surface area contributed by atoms with E-state index >= 15 is 0 Å². The summed E-state index contributed by atoms with van der Waals surface area (Å²) in [7, 11) is 0. The SMILES string of the molecule is Cl.O=C(Nc1ccc(Br)cc1)c1ccncc1. The Morgan fingerprint density at radius 1 is 1.06 bits per heavy atom. The lowest BCUT2D eigenvalue weighted by atomic mass is 10.2. The number of hydrogen-bond donors (Lipinski definition) is 1. The zero-order valence-corrected chi connectivity index (χ0v) is 11.2. The number of nitrogens with one attached hydrogen (secondary N) is 1. The van der Waals surface area contributed by atoms with Crippen LogP contribution in [0.2, 0.25) is 0 Å². The van der Waals surface area contributed by atoms with E-state index < -0.39 is 0 Å². The fourth-order valence-electron chi connectivity index (χ4n) is 1.24. The van der Waals surface area contributed by atoms with Crippen LogP contribution >= 0.6 is 28.3 Å². The van der Waals surface area contributed by atoms with Gasteiger partial charge < -0.3 is 5.32 Å². The number of anilines is 1. The molecule has 0 aliphatic rings. The lowest BCUT2D eigenvalue weighted by Gasteiger charge is -2.04. The predicted molar refractivity (Wildman–Crippen MR) is 73.6 cm³/mol. The van der Waals surface area contributed by atoms with E-state index in [1.807, 2.05) is 24.3 Å². The smallest absolute Gasteiger partial charge is 0.255 e. The van der Waals surface area contributed by atoms with Crippen LogP contribution in [0.5, 0.6) is 0 Å². The highest BCUT2D eigenvalue weighted by atomic mass is 79.9. The maximum Gasteiger partial charge on any atom is 0.255 e. The molecule has 0 radical (unpaired) electrons. The average molecular weight is 314 g/mol. The number of nitrogens with zero attached hydrogens (tertiary/aromatic N) is 1. The van der Waals surface area contributed by atoms with Crippen LogP contribution in [0.25, 0.3) is 0 Å². The fraction of sp³-hybridized carbons (Fsp3) is 0. The number of carbonyl (C=O) groups excluding carboxylic acids is 1. The molecule has 1 aromatic carbocycles. The monoisotopic (exact) mass is 312 g/mol. The van der Waals surface area contributed by atoms with E-state index in [9.17, 15) is 4.79 Å². The van der Waals surface area contributed by atoms with Gasteiger partial charge in [0.15, 0.2) is 0 Å². The Kier molecular flexibility index (Phi) is 5.12. The quantitative estimate of drug-likeness (QED) is 0.921. The Labute approximate surface area is 114 Å². The fourth-order valence-corrected chi connectivity index (χ4v) is 1.50. The first-order valence-electron chi connectivity index (χ1n) is 4.72. The molecule has 5 heteroatoms. The Balaban J connectivity index is 0.00000144. The molecule has 0 unspecified atom stereocenters. The van der Waals surface area contributed by atoms with Gasteiger partial charge in [-0.1, -0.05) is 15.9 Å². The van der Waals surface area contributed by atoms with Crippen molar-refractivity contribution >= 4 is 39.9 Å². The number of amides is 1. The third-order valence-electron chi connectivity index (χ3n) is 2.04. The molecule has 1 N–H and O–H groups in total. The van der Waals surface area contributed by atoms with Gasteiger partial charge in [0.2, 0.25) is 0 Å². The van der Waals surface area contributed by atoms with Gasteiger partial charge in [0, 0.05) is 28.1 Å². The van der Waals surface area contributed by atoms with Crippen molar-refractivity contribution in [3.8, 4) is 0 Å². The lowest BCUT2D eigenvalue weighted by Crippen LogP contribution is -2.11. The van der Waals surface area contributed by atoms with Gasteiger partial charge in [-0.2, -0.15) is 0 Å². The Hall–Kier alpha value is -1.39. The minimum Gasteiger partial charge on any atom is -0.322 e. The number of rotatable bonds is 2. The molecular formula is C12H10BrClN2O. The zero-order valence-electron chi connectivity index (χ0n) is 8.76. The minimum atomic E-state index is -0.135. The van der Waals surface area contributed by atoms with Crippen LogP contribution in [0.3, 0.4) is 0 Å². The summed E-state index contributed by atoms with van der Waals surface area (Å²) in [4.78, 5) is 15.6. The van der Waals surface area contributed by atoms with Crippen molar-refractivity contribution in [3.05, 3.63) is 58.8 Å². The number of aromatic nitrogens is 1. The molecule has 1 heterocycles. The maximum atomic E-state index is 11.7. The molecule has 2 rings (SSSR count). The van der Waals surface area contributed by atoms with Crippen molar-refractivity contribution in [1.29, 1.82) is 0 Å². The van der Waals surface area contributed by atoms with Gasteiger partial charge in [-0.25, -0.2) is 0 Å². The summed E-state index contributed by atoms with van der Waals surface area (Å²) in [6.07, 6.45) is 3.19. The molecule has 17 heavy (non-hydrogen) atoms. The van der Waals surface area contributed by atoms with Gasteiger partial charge >= 0.3 is 0 Å². The third-order valence-corrected chi connectivity index (χ3v) is 2.57. The van der Waals surface area contributed by atoms with Crippen LogP contribution in [-0.4, -0.2) is 10.9 Å². The first-order chi connectivity index (χ1) is 7.75. The van der Waals surface area contributed by atoms with E-state index in [0.29, 0.717) is 5.56 Å². The summed E-state index contributed by atoms with van der Waals surface area (Å²) in [5.41, 5.74) is 1.36. The van der Waals surface area contributed by atoms with Crippen LogP contribution in [0.15, 0.2) is 53.3 Å². The Morgan fingerprint density at radius 3 is 2.24 bits per heavy atom. The molecule has 0 saturated heterocycles. The molecule has 0 aliphatic heterocycles. The molecule has 0 atom stereocenters. The maximum absolute atomic E-state index is 11.7. The van der Waals surface area contributed by atoms with E-state index in [1.165, 1.54) is 0 Å². The minimum absolute atomic E-state index is 0. The van der Waals surface area contributed by atoms with E-state index in [-0.39, 0.29) is 18.3 Å². The van der Waals surface area contributed by atoms with Gasteiger partial charge in [-0.3, -0.25) is 9.78 Å². The van der Waals surface area contributed by atoms with Gasteiger partial charge in [-0.15, -0.1) is 12.4 Å². The molecule has 1 amide bonds. The highest BCUT2D eigenvalue weighted by molar-refractivity contribution is 9.10. The van der Waals surface area contributed by atoms with Gasteiger partial charge in [-0.05, 0) is 36.4 Å². The zero-order chi connectivity index (χ0) is 11.4. The van der Waals surface area contributed by atoms with Crippen molar-refractivity contribution in [3.63, 3.8) is 0 Å². The Morgan fingerprint density at radius 2 is 1.65 bits per heavy atom. The number of benzene rings is 1. The lowest BCUT2D eigenvalue weighted by molar-refractivity contribution is 0.102. The summed E-state index contributed by atoms with van der Waals surface area (Å²) in [6, 6.07) is 10.8. The first kappa shape index (κ1) is 13.7. The van der Waals surface area contributed by atoms with Crippen molar-refractivity contribution < 1.29 is 4.79 Å². The predicted octanol–water partition coefficient (Wildman–Crippen LogP) is 3.52. The van der Waals surface area contributed by atoms with E-state index in [2.05, 4.69) is 26.2 Å². The second kappa shape index (κ2) is 6.37. The van der Waals surface area contributed by atoms with Crippen LogP contribution in [0.4, 0.5) is 5.69 Å². The highest BCUT2D eigenvalue weighted by Crippen LogP contribution is 2.14. The number of hydrogen-bond acceptors (Lipinski definition) is 2. The standard InChI is InChI=1S/C12H9BrN2O.ClH/c13-10-1-3-11(4-2-10)15-12(16)9-5-7-14-8-6-9;/h1-8H,(H,15,16);1H.